The zero-order valence-electron chi connectivity index (χ0n) is 16.3. The van der Waals surface area contributed by atoms with Gasteiger partial charge in [-0.1, -0.05) is 0 Å². The van der Waals surface area contributed by atoms with Crippen LogP contribution in [0.25, 0.3) is 0 Å². The highest BCUT2D eigenvalue weighted by Crippen LogP contribution is 2.20. The van der Waals surface area contributed by atoms with Crippen molar-refractivity contribution in [2.75, 3.05) is 6.54 Å². The molecule has 2 heterocycles. The summed E-state index contributed by atoms with van der Waals surface area (Å²) in [4.78, 5) is 49.6. The molecular formula is C18H26N6O4. The molecule has 2 aliphatic rings. The van der Waals surface area contributed by atoms with Gasteiger partial charge in [0.25, 0.3) is 11.8 Å². The van der Waals surface area contributed by atoms with E-state index in [4.69, 9.17) is 0 Å². The Morgan fingerprint density at radius 2 is 1.93 bits per heavy atom. The van der Waals surface area contributed by atoms with Crippen molar-refractivity contribution in [2.24, 2.45) is 0 Å². The van der Waals surface area contributed by atoms with Crippen molar-refractivity contribution in [2.45, 2.75) is 64.2 Å². The number of aromatic nitrogens is 2. The molecule has 0 spiro atoms. The fraction of sp³-hybridized carbons (Fsp3) is 0.611. The third kappa shape index (κ3) is 4.00. The zero-order valence-corrected chi connectivity index (χ0v) is 16.3. The summed E-state index contributed by atoms with van der Waals surface area (Å²) in [6, 6.07) is 0.956. The average Bonchev–Trinajstić information content (AvgIpc) is 3.31. The number of aryl methyl sites for hydroxylation is 1. The Morgan fingerprint density at radius 1 is 1.25 bits per heavy atom. The van der Waals surface area contributed by atoms with E-state index in [1.807, 2.05) is 6.92 Å². The number of carbonyl (C=O) groups is 4. The van der Waals surface area contributed by atoms with Gasteiger partial charge in [-0.15, -0.1) is 0 Å². The lowest BCUT2D eigenvalue weighted by Gasteiger charge is -2.18. The maximum atomic E-state index is 12.4. The van der Waals surface area contributed by atoms with Crippen molar-refractivity contribution in [1.82, 2.24) is 30.6 Å². The van der Waals surface area contributed by atoms with E-state index in [1.165, 1.54) is 0 Å². The number of hydrogen-bond donors (Lipinski definition) is 3. The highest BCUT2D eigenvalue weighted by atomic mass is 16.2. The monoisotopic (exact) mass is 390 g/mol. The van der Waals surface area contributed by atoms with Crippen molar-refractivity contribution in [3.63, 3.8) is 0 Å². The van der Waals surface area contributed by atoms with Crippen LogP contribution in [0.3, 0.4) is 0 Å². The van der Waals surface area contributed by atoms with Gasteiger partial charge < -0.3 is 16.0 Å². The van der Waals surface area contributed by atoms with Crippen LogP contribution in [0.4, 0.5) is 4.79 Å². The number of imide groups is 1. The molecule has 28 heavy (non-hydrogen) atoms. The highest BCUT2D eigenvalue weighted by Gasteiger charge is 2.45. The molecule has 1 aromatic rings. The van der Waals surface area contributed by atoms with Crippen LogP contribution in [-0.2, 0) is 16.1 Å². The van der Waals surface area contributed by atoms with Crippen molar-refractivity contribution in [3.05, 3.63) is 18.0 Å². The topological polar surface area (TPSA) is 125 Å². The van der Waals surface area contributed by atoms with E-state index in [2.05, 4.69) is 21.0 Å². The minimum Gasteiger partial charge on any atom is -0.352 e. The van der Waals surface area contributed by atoms with Crippen LogP contribution in [0.1, 0.15) is 50.5 Å². The Labute approximate surface area is 163 Å². The minimum atomic E-state index is -0.995. The third-order valence-corrected chi connectivity index (χ3v) is 5.13. The van der Waals surface area contributed by atoms with Crippen LogP contribution < -0.4 is 16.0 Å². The Hall–Kier alpha value is -2.91. The predicted molar refractivity (Wildman–Crippen MR) is 99.3 cm³/mol. The quantitative estimate of drug-likeness (QED) is 0.590. The fourth-order valence-corrected chi connectivity index (χ4v) is 3.66. The largest absolute Gasteiger partial charge is 0.352 e. The van der Waals surface area contributed by atoms with Gasteiger partial charge in [0.05, 0.1) is 0 Å². The zero-order chi connectivity index (χ0) is 20.5. The summed E-state index contributed by atoms with van der Waals surface area (Å²) in [5.41, 5.74) is -0.485. The number of nitrogens with one attached hydrogen (secondary N) is 3. The van der Waals surface area contributed by atoms with Gasteiger partial charge in [0, 0.05) is 24.8 Å². The van der Waals surface area contributed by atoms with Crippen LogP contribution in [0.15, 0.2) is 12.3 Å². The highest BCUT2D eigenvalue weighted by molar-refractivity contribution is 6.08. The Morgan fingerprint density at radius 3 is 2.54 bits per heavy atom. The summed E-state index contributed by atoms with van der Waals surface area (Å²) in [5.74, 6) is -0.989. The first-order valence-corrected chi connectivity index (χ1v) is 9.47. The molecule has 10 nitrogen and oxygen atoms in total. The second-order valence-electron chi connectivity index (χ2n) is 7.73. The minimum absolute atomic E-state index is 0.0475. The van der Waals surface area contributed by atoms with Crippen molar-refractivity contribution >= 4 is 23.8 Å². The third-order valence-electron chi connectivity index (χ3n) is 5.13. The molecule has 10 heteroatoms. The summed E-state index contributed by atoms with van der Waals surface area (Å²) in [5, 5.41) is 12.5. The first kappa shape index (κ1) is 19.8. The fourth-order valence-electron chi connectivity index (χ4n) is 3.66. The Kier molecular flexibility index (Phi) is 5.39. The molecule has 0 aromatic carbocycles. The van der Waals surface area contributed by atoms with E-state index >= 15 is 0 Å². The van der Waals surface area contributed by atoms with Gasteiger partial charge in [-0.05, 0) is 46.1 Å². The Balaban J connectivity index is 1.48. The van der Waals surface area contributed by atoms with Crippen LogP contribution in [-0.4, -0.2) is 62.6 Å². The molecule has 1 saturated carbocycles. The maximum absolute atomic E-state index is 12.4. The van der Waals surface area contributed by atoms with Crippen LogP contribution in [0.5, 0.6) is 0 Å². The van der Waals surface area contributed by atoms with E-state index in [0.29, 0.717) is 18.7 Å². The van der Waals surface area contributed by atoms with Crippen LogP contribution in [0, 0.1) is 0 Å². The summed E-state index contributed by atoms with van der Waals surface area (Å²) >= 11 is 0. The lowest BCUT2D eigenvalue weighted by atomic mass is 10.1. The second-order valence-corrected chi connectivity index (χ2v) is 7.73. The first-order valence-electron chi connectivity index (χ1n) is 9.47. The first-order chi connectivity index (χ1) is 13.2. The van der Waals surface area contributed by atoms with E-state index < -0.39 is 17.5 Å². The molecule has 2 fully saturated rings. The molecule has 0 radical (unpaired) electrons. The predicted octanol–water partition coefficient (Wildman–Crippen LogP) is 0.000500. The summed E-state index contributed by atoms with van der Waals surface area (Å²) in [6.07, 6.45) is 3.65. The van der Waals surface area contributed by atoms with Crippen LogP contribution >= 0.6 is 0 Å². The Bertz CT molecular complexity index is 802. The van der Waals surface area contributed by atoms with E-state index in [-0.39, 0.29) is 30.4 Å². The lowest BCUT2D eigenvalue weighted by molar-refractivity contribution is -0.134. The van der Waals surface area contributed by atoms with Gasteiger partial charge in [-0.3, -0.25) is 24.0 Å². The maximum Gasteiger partial charge on any atom is 0.325 e. The van der Waals surface area contributed by atoms with E-state index in [9.17, 15) is 19.2 Å². The van der Waals surface area contributed by atoms with Crippen molar-refractivity contribution < 1.29 is 19.2 Å². The molecule has 3 rings (SSSR count). The van der Waals surface area contributed by atoms with E-state index in [0.717, 1.165) is 17.7 Å². The molecular weight excluding hydrogens is 364 g/mol. The molecule has 1 aliphatic carbocycles. The number of hydrogen-bond acceptors (Lipinski definition) is 5. The SMILES string of the molecule is CCn1nccc1C(=O)N[C@@H]1CC[C@H](NC(=O)CN2C(=O)NC(C)(C)C2=O)C1. The molecule has 1 saturated heterocycles. The molecule has 1 aromatic heterocycles. The van der Waals surface area contributed by atoms with Crippen molar-refractivity contribution in [1.29, 1.82) is 0 Å². The van der Waals surface area contributed by atoms with Gasteiger partial charge in [0.2, 0.25) is 5.91 Å². The molecule has 2 atom stereocenters. The normalized spacial score (nSPS) is 23.6. The van der Waals surface area contributed by atoms with Gasteiger partial charge in [-0.25, -0.2) is 4.79 Å². The van der Waals surface area contributed by atoms with Gasteiger partial charge >= 0.3 is 6.03 Å². The molecule has 5 amide bonds. The summed E-state index contributed by atoms with van der Waals surface area (Å²) < 4.78 is 1.63. The van der Waals surface area contributed by atoms with Crippen LogP contribution in [0.2, 0.25) is 0 Å². The van der Waals surface area contributed by atoms with E-state index in [1.54, 1.807) is 30.8 Å². The van der Waals surface area contributed by atoms with Gasteiger partial charge in [0.15, 0.2) is 0 Å². The summed E-state index contributed by atoms with van der Waals surface area (Å²) in [6.45, 7) is 5.41. The second kappa shape index (κ2) is 7.61. The molecule has 3 N–H and O–H groups in total. The lowest BCUT2D eigenvalue weighted by Crippen LogP contribution is -2.45. The number of amides is 5. The molecule has 1 aliphatic heterocycles. The molecule has 152 valence electrons. The number of carbonyl (C=O) groups excluding carboxylic acids is 4. The average molecular weight is 390 g/mol. The standard InChI is InChI=1S/C18H26N6O4/c1-4-24-13(7-8-19-24)15(26)21-12-6-5-11(9-12)20-14(25)10-23-16(27)18(2,3)22-17(23)28/h7-8,11-12H,4-6,9-10H2,1-3H3,(H,20,25)(H,21,26)(H,22,28)/t11-,12+/m0/s1. The summed E-state index contributed by atoms with van der Waals surface area (Å²) in [7, 11) is 0. The van der Waals surface area contributed by atoms with Crippen molar-refractivity contribution in [3.8, 4) is 0 Å². The number of urea groups is 1. The smallest absolute Gasteiger partial charge is 0.325 e. The molecule has 0 unspecified atom stereocenters. The van der Waals surface area contributed by atoms with Gasteiger partial charge in [0.1, 0.15) is 17.8 Å². The number of nitrogens with zero attached hydrogens (tertiary/aromatic N) is 3. The number of rotatable bonds is 6. The molecule has 0 bridgehead atoms. The van der Waals surface area contributed by atoms with Gasteiger partial charge in [-0.2, -0.15) is 5.10 Å².